The summed E-state index contributed by atoms with van der Waals surface area (Å²) in [7, 11) is 0. The Hall–Kier alpha value is -3.55. The van der Waals surface area contributed by atoms with E-state index in [1.165, 1.54) is 23.1 Å². The van der Waals surface area contributed by atoms with Crippen LogP contribution in [0.15, 0.2) is 72.2 Å². The van der Waals surface area contributed by atoms with Gasteiger partial charge in [0.2, 0.25) is 5.91 Å². The van der Waals surface area contributed by atoms with Crippen LogP contribution in [-0.4, -0.2) is 25.4 Å². The SMILES string of the molecule is NC(=O)c1cnc2c(c1)nc(-c1nc(-c3ccc(Cl)cc3)cs1)n2[C@H](c1ccccc1)C1CC1. The number of rotatable bonds is 6. The molecule has 1 fully saturated rings. The third-order valence-electron chi connectivity index (χ3n) is 6.14. The Morgan fingerprint density at radius 3 is 2.56 bits per heavy atom. The number of hydrogen-bond acceptors (Lipinski definition) is 5. The molecule has 8 heteroatoms. The van der Waals surface area contributed by atoms with Gasteiger partial charge in [-0.15, -0.1) is 11.3 Å². The highest BCUT2D eigenvalue weighted by molar-refractivity contribution is 7.13. The first kappa shape index (κ1) is 21.0. The summed E-state index contributed by atoms with van der Waals surface area (Å²) in [6, 6.07) is 19.9. The Morgan fingerprint density at radius 1 is 1.09 bits per heavy atom. The number of amides is 1. The highest BCUT2D eigenvalue weighted by atomic mass is 35.5. The summed E-state index contributed by atoms with van der Waals surface area (Å²) in [5, 5.41) is 3.51. The molecule has 0 radical (unpaired) electrons. The predicted molar refractivity (Wildman–Crippen MR) is 135 cm³/mol. The van der Waals surface area contributed by atoms with E-state index in [4.69, 9.17) is 27.3 Å². The van der Waals surface area contributed by atoms with Crippen LogP contribution >= 0.6 is 22.9 Å². The van der Waals surface area contributed by atoms with Gasteiger partial charge >= 0.3 is 0 Å². The number of hydrogen-bond donors (Lipinski definition) is 1. The van der Waals surface area contributed by atoms with Crippen molar-refractivity contribution in [1.82, 2.24) is 19.5 Å². The molecule has 6 nitrogen and oxygen atoms in total. The first-order valence-corrected chi connectivity index (χ1v) is 12.3. The van der Waals surface area contributed by atoms with Gasteiger partial charge in [-0.1, -0.05) is 54.1 Å². The molecule has 168 valence electrons. The van der Waals surface area contributed by atoms with Crippen LogP contribution in [0.4, 0.5) is 0 Å². The Morgan fingerprint density at radius 2 is 1.85 bits per heavy atom. The van der Waals surface area contributed by atoms with Gasteiger partial charge in [-0.05, 0) is 42.5 Å². The molecule has 1 aliphatic rings. The second-order valence-electron chi connectivity index (χ2n) is 8.47. The van der Waals surface area contributed by atoms with Crippen molar-refractivity contribution in [3.05, 3.63) is 88.4 Å². The molecule has 2 N–H and O–H groups in total. The van der Waals surface area contributed by atoms with E-state index in [0.29, 0.717) is 22.0 Å². The van der Waals surface area contributed by atoms with E-state index in [2.05, 4.69) is 33.8 Å². The molecule has 0 aliphatic heterocycles. The second-order valence-corrected chi connectivity index (χ2v) is 9.77. The van der Waals surface area contributed by atoms with Gasteiger partial charge in [0.15, 0.2) is 16.5 Å². The number of imidazole rings is 1. The summed E-state index contributed by atoms with van der Waals surface area (Å²) in [6.07, 6.45) is 3.82. The Kier molecular flexibility index (Phi) is 5.16. The fourth-order valence-electron chi connectivity index (χ4n) is 4.36. The van der Waals surface area contributed by atoms with E-state index < -0.39 is 5.91 Å². The van der Waals surface area contributed by atoms with Gasteiger partial charge in [0, 0.05) is 22.2 Å². The average Bonchev–Trinajstić information content (AvgIpc) is 3.44. The highest BCUT2D eigenvalue weighted by Crippen LogP contribution is 2.46. The fraction of sp³-hybridized carbons (Fsp3) is 0.154. The smallest absolute Gasteiger partial charge is 0.250 e. The summed E-state index contributed by atoms with van der Waals surface area (Å²) in [5.41, 5.74) is 10.3. The number of halogens is 1. The van der Waals surface area contributed by atoms with Crippen molar-refractivity contribution in [3.8, 4) is 22.1 Å². The summed E-state index contributed by atoms with van der Waals surface area (Å²) in [6.45, 7) is 0. The largest absolute Gasteiger partial charge is 0.366 e. The lowest BCUT2D eigenvalue weighted by atomic mass is 10.0. The van der Waals surface area contributed by atoms with Crippen molar-refractivity contribution < 1.29 is 4.79 Å². The number of nitrogens with zero attached hydrogens (tertiary/aromatic N) is 4. The van der Waals surface area contributed by atoms with Crippen molar-refractivity contribution in [3.63, 3.8) is 0 Å². The molecule has 34 heavy (non-hydrogen) atoms. The second kappa shape index (κ2) is 8.34. The number of fused-ring (bicyclic) bond motifs is 1. The van der Waals surface area contributed by atoms with Crippen LogP contribution in [0.5, 0.6) is 0 Å². The van der Waals surface area contributed by atoms with Crippen LogP contribution in [0.3, 0.4) is 0 Å². The molecule has 1 amide bonds. The minimum absolute atomic E-state index is 0.0796. The molecular weight excluding hydrogens is 466 g/mol. The standard InChI is InChI=1S/C26H20ClN5OS/c27-19-10-8-15(9-11-19)21-14-34-26(31-21)25-30-20-12-18(23(28)33)13-29-24(20)32(25)22(17-6-7-17)16-4-2-1-3-5-16/h1-5,8-14,17,22H,6-7H2,(H2,28,33)/t22-/m1/s1. The first-order chi connectivity index (χ1) is 16.6. The number of nitrogens with two attached hydrogens (primary N) is 1. The van der Waals surface area contributed by atoms with E-state index in [0.717, 1.165) is 40.6 Å². The fourth-order valence-corrected chi connectivity index (χ4v) is 5.29. The number of pyridine rings is 1. The van der Waals surface area contributed by atoms with Crippen molar-refractivity contribution in [2.75, 3.05) is 0 Å². The van der Waals surface area contributed by atoms with E-state index >= 15 is 0 Å². The van der Waals surface area contributed by atoms with Crippen LogP contribution in [0, 0.1) is 5.92 Å². The Bertz CT molecular complexity index is 1510. The average molecular weight is 486 g/mol. The maximum Gasteiger partial charge on any atom is 0.250 e. The summed E-state index contributed by atoms with van der Waals surface area (Å²) in [4.78, 5) is 26.3. The quantitative estimate of drug-likeness (QED) is 0.321. The first-order valence-electron chi connectivity index (χ1n) is 11.0. The lowest BCUT2D eigenvalue weighted by molar-refractivity contribution is 0.1000. The molecule has 0 spiro atoms. The third-order valence-corrected chi connectivity index (χ3v) is 7.23. The van der Waals surface area contributed by atoms with Crippen molar-refractivity contribution in [2.24, 2.45) is 11.7 Å². The zero-order valence-corrected chi connectivity index (χ0v) is 19.6. The minimum atomic E-state index is -0.522. The summed E-state index contributed by atoms with van der Waals surface area (Å²) >= 11 is 7.60. The Labute approximate surface area is 205 Å². The van der Waals surface area contributed by atoms with Crippen molar-refractivity contribution in [2.45, 2.75) is 18.9 Å². The van der Waals surface area contributed by atoms with Crippen LogP contribution in [0.1, 0.15) is 34.8 Å². The van der Waals surface area contributed by atoms with Crippen LogP contribution in [0.25, 0.3) is 33.3 Å². The van der Waals surface area contributed by atoms with Gasteiger partial charge < -0.3 is 5.73 Å². The molecule has 1 atom stereocenters. The predicted octanol–water partition coefficient (Wildman–Crippen LogP) is 5.97. The topological polar surface area (TPSA) is 86.7 Å². The highest BCUT2D eigenvalue weighted by Gasteiger charge is 2.37. The number of carbonyl (C=O) groups is 1. The molecule has 6 rings (SSSR count). The number of thiazole rings is 1. The molecular formula is C26H20ClN5OS. The molecule has 0 saturated heterocycles. The minimum Gasteiger partial charge on any atom is -0.366 e. The van der Waals surface area contributed by atoms with Gasteiger partial charge in [0.1, 0.15) is 5.52 Å². The number of aromatic nitrogens is 4. The summed E-state index contributed by atoms with van der Waals surface area (Å²) < 4.78 is 2.19. The van der Waals surface area contributed by atoms with Gasteiger partial charge in [-0.25, -0.2) is 15.0 Å². The van der Waals surface area contributed by atoms with Crippen molar-refractivity contribution in [1.29, 1.82) is 0 Å². The van der Waals surface area contributed by atoms with Gasteiger partial charge in [-0.3, -0.25) is 9.36 Å². The molecule has 5 aromatic rings. The lowest BCUT2D eigenvalue weighted by Crippen LogP contribution is -2.15. The molecule has 1 saturated carbocycles. The molecule has 3 heterocycles. The van der Waals surface area contributed by atoms with Crippen LogP contribution in [0.2, 0.25) is 5.02 Å². The van der Waals surface area contributed by atoms with Crippen LogP contribution in [-0.2, 0) is 0 Å². The monoisotopic (exact) mass is 485 g/mol. The number of carbonyl (C=O) groups excluding carboxylic acids is 1. The third kappa shape index (κ3) is 3.77. The molecule has 0 unspecified atom stereocenters. The van der Waals surface area contributed by atoms with E-state index in [1.54, 1.807) is 6.07 Å². The van der Waals surface area contributed by atoms with Gasteiger partial charge in [0.25, 0.3) is 0 Å². The van der Waals surface area contributed by atoms with E-state index in [1.807, 2.05) is 35.7 Å². The van der Waals surface area contributed by atoms with E-state index in [9.17, 15) is 4.79 Å². The summed E-state index contributed by atoms with van der Waals surface area (Å²) in [5.74, 6) is 0.716. The van der Waals surface area contributed by atoms with Gasteiger partial charge in [-0.2, -0.15) is 0 Å². The van der Waals surface area contributed by atoms with Crippen LogP contribution < -0.4 is 5.73 Å². The van der Waals surface area contributed by atoms with E-state index in [-0.39, 0.29) is 6.04 Å². The zero-order valence-electron chi connectivity index (χ0n) is 18.1. The molecule has 3 aromatic heterocycles. The number of benzene rings is 2. The zero-order chi connectivity index (χ0) is 23.2. The van der Waals surface area contributed by atoms with Crippen molar-refractivity contribution >= 4 is 40.0 Å². The Balaban J connectivity index is 1.55. The maximum absolute atomic E-state index is 11.8. The maximum atomic E-state index is 11.8. The lowest BCUT2D eigenvalue weighted by Gasteiger charge is -2.21. The van der Waals surface area contributed by atoms with Gasteiger partial charge in [0.05, 0.1) is 17.3 Å². The molecule has 1 aliphatic carbocycles. The molecule has 2 aromatic carbocycles. The molecule has 0 bridgehead atoms. The normalized spacial score (nSPS) is 14.4. The number of primary amides is 1.